The number of rotatable bonds is 0. The molecule has 23 heavy (non-hydrogen) atoms. The van der Waals surface area contributed by atoms with Crippen LogP contribution in [0, 0.1) is 78.1 Å². The Morgan fingerprint density at radius 1 is 0.957 bits per heavy atom. The first kappa shape index (κ1) is 18.9. The van der Waals surface area contributed by atoms with Gasteiger partial charge in [-0.05, 0) is 85.4 Å². The summed E-state index contributed by atoms with van der Waals surface area (Å²) in [6.07, 6.45) is 12.7. The van der Waals surface area contributed by atoms with E-state index in [0.29, 0.717) is 16.2 Å². The second kappa shape index (κ2) is 6.10. The predicted octanol–water partition coefficient (Wildman–Crippen LogP) is 5.34. The van der Waals surface area contributed by atoms with Gasteiger partial charge >= 0.3 is 0 Å². The van der Waals surface area contributed by atoms with Crippen LogP contribution in [0.25, 0.3) is 0 Å². The zero-order chi connectivity index (χ0) is 15.8. The fourth-order valence-corrected chi connectivity index (χ4v) is 7.14. The minimum absolute atomic E-state index is 0. The molecule has 4 aliphatic carbocycles. The average Bonchev–Trinajstić information content (AvgIpc) is 2.70. The number of fused-ring (bicyclic) bond motifs is 5. The van der Waals surface area contributed by atoms with Crippen LogP contribution < -0.4 is 0 Å². The van der Waals surface area contributed by atoms with Crippen molar-refractivity contribution in [1.82, 2.24) is 0 Å². The van der Waals surface area contributed by atoms with Gasteiger partial charge in [-0.15, -0.1) is 0 Å². The van der Waals surface area contributed by atoms with Crippen LogP contribution in [0.3, 0.4) is 0 Å². The fraction of sp³-hybridized carbons (Fsp3) is 0.905. The first-order valence-corrected chi connectivity index (χ1v) is 9.65. The van der Waals surface area contributed by atoms with Crippen LogP contribution in [0.5, 0.6) is 0 Å². The van der Waals surface area contributed by atoms with E-state index in [-0.39, 0.29) is 50.2 Å². The zero-order valence-electron chi connectivity index (χ0n) is 15.6. The molecule has 0 spiro atoms. The van der Waals surface area contributed by atoms with Gasteiger partial charge in [0.1, 0.15) is 0 Å². The van der Waals surface area contributed by atoms with Crippen LogP contribution >= 0.6 is 0 Å². The first-order chi connectivity index (χ1) is 10.3. The molecule has 0 heterocycles. The average molecular weight is 530 g/mol. The van der Waals surface area contributed by atoms with E-state index in [4.69, 9.17) is 0 Å². The van der Waals surface area contributed by atoms with E-state index in [2.05, 4.69) is 33.8 Å². The number of hydrogen-bond acceptors (Lipinski definition) is 1. The summed E-state index contributed by atoms with van der Waals surface area (Å²) in [4.78, 5) is 0. The Kier molecular flexibility index (Phi) is 5.01. The van der Waals surface area contributed by atoms with Crippen molar-refractivity contribution in [3.05, 3.63) is 11.6 Å². The zero-order valence-corrected chi connectivity index (χ0v) is 20.3. The van der Waals surface area contributed by atoms with E-state index in [1.54, 1.807) is 5.57 Å². The first-order valence-electron chi connectivity index (χ1n) is 9.65. The van der Waals surface area contributed by atoms with Gasteiger partial charge in [0.25, 0.3) is 0 Å². The molecule has 0 aliphatic heterocycles. The number of aliphatic hydroxyl groups excluding tert-OH is 1. The summed E-state index contributed by atoms with van der Waals surface area (Å²) in [5, 5.41) is 10.1. The van der Waals surface area contributed by atoms with Crippen molar-refractivity contribution in [2.45, 2.75) is 85.2 Å². The molecule has 0 aromatic carbocycles. The summed E-state index contributed by atoms with van der Waals surface area (Å²) >= 11 is 0. The van der Waals surface area contributed by atoms with Gasteiger partial charge < -0.3 is 5.11 Å². The standard InChI is InChI=1S/C21H34O.Ac/c1-19(2)10-8-18-16-6-5-14-13-15(22)7-11-20(14,3)17(16)9-12-21(18,19)4;/h5,15-18,22H,6-13H2,1-4H3;/t15?,16?,17?,18?,20-,21-;/m0./s1. The Morgan fingerprint density at radius 2 is 1.65 bits per heavy atom. The largest absolute Gasteiger partial charge is 0.393 e. The topological polar surface area (TPSA) is 20.2 Å². The molecule has 3 fully saturated rings. The molecule has 127 valence electrons. The van der Waals surface area contributed by atoms with Crippen LogP contribution in [0.4, 0.5) is 0 Å². The van der Waals surface area contributed by atoms with Gasteiger partial charge in [0.05, 0.1) is 6.10 Å². The third-order valence-electron chi connectivity index (χ3n) is 9.09. The van der Waals surface area contributed by atoms with Crippen molar-refractivity contribution >= 4 is 0 Å². The van der Waals surface area contributed by atoms with Crippen molar-refractivity contribution in [3.8, 4) is 0 Å². The molecular weight excluding hydrogens is 495 g/mol. The maximum Gasteiger partial charge on any atom is 0.0577 e. The normalized spacial score (nSPS) is 50.9. The van der Waals surface area contributed by atoms with Gasteiger partial charge in [-0.3, -0.25) is 0 Å². The summed E-state index contributed by atoms with van der Waals surface area (Å²) in [7, 11) is 0. The Morgan fingerprint density at radius 3 is 2.39 bits per heavy atom. The molecule has 0 bridgehead atoms. The summed E-state index contributed by atoms with van der Waals surface area (Å²) in [5.41, 5.74) is 3.09. The van der Waals surface area contributed by atoms with Crippen LogP contribution in [0.2, 0.25) is 0 Å². The van der Waals surface area contributed by atoms with E-state index in [9.17, 15) is 5.11 Å². The van der Waals surface area contributed by atoms with E-state index in [1.807, 2.05) is 0 Å². The predicted molar refractivity (Wildman–Crippen MR) is 91.5 cm³/mol. The van der Waals surface area contributed by atoms with Crippen LogP contribution in [0.15, 0.2) is 11.6 Å². The SMILES string of the molecule is CC1(C)CCC2C3CC=C4CC(O)CC[C@]4(C)C3CC[C@@]21C.[Ac]. The third kappa shape index (κ3) is 2.59. The molecule has 1 radical (unpaired) electrons. The molecule has 6 atom stereocenters. The van der Waals surface area contributed by atoms with Gasteiger partial charge in [-0.2, -0.15) is 0 Å². The Hall–Kier alpha value is 1.14. The molecule has 0 amide bonds. The Balaban J connectivity index is 0.00000156. The molecule has 1 N–H and O–H groups in total. The summed E-state index contributed by atoms with van der Waals surface area (Å²) in [5.74, 6) is 2.72. The summed E-state index contributed by atoms with van der Waals surface area (Å²) < 4.78 is 0. The molecule has 4 aliphatic rings. The fourth-order valence-electron chi connectivity index (χ4n) is 7.14. The second-order valence-corrected chi connectivity index (χ2v) is 10.0. The van der Waals surface area contributed by atoms with Crippen molar-refractivity contribution in [2.24, 2.45) is 34.0 Å². The third-order valence-corrected chi connectivity index (χ3v) is 9.09. The van der Waals surface area contributed by atoms with E-state index >= 15 is 0 Å². The smallest absolute Gasteiger partial charge is 0.0577 e. The van der Waals surface area contributed by atoms with Crippen molar-refractivity contribution in [2.75, 3.05) is 0 Å². The van der Waals surface area contributed by atoms with Gasteiger partial charge in [0.15, 0.2) is 0 Å². The van der Waals surface area contributed by atoms with Gasteiger partial charge in [-0.25, -0.2) is 0 Å². The minimum Gasteiger partial charge on any atom is -0.393 e. The van der Waals surface area contributed by atoms with Gasteiger partial charge in [0.2, 0.25) is 0 Å². The maximum absolute atomic E-state index is 10.1. The van der Waals surface area contributed by atoms with Crippen LogP contribution in [-0.2, 0) is 0 Å². The number of hydrogen-bond donors (Lipinski definition) is 1. The van der Waals surface area contributed by atoms with Gasteiger partial charge in [-0.1, -0.05) is 39.3 Å². The molecule has 3 saturated carbocycles. The quantitative estimate of drug-likeness (QED) is 0.421. The molecule has 4 rings (SSSR count). The Bertz CT molecular complexity index is 510. The van der Waals surface area contributed by atoms with Crippen LogP contribution in [-0.4, -0.2) is 11.2 Å². The van der Waals surface area contributed by atoms with Crippen molar-refractivity contribution in [1.29, 1.82) is 0 Å². The summed E-state index contributed by atoms with van der Waals surface area (Å²) in [6, 6.07) is 0. The number of aliphatic hydroxyl groups is 1. The maximum atomic E-state index is 10.1. The molecule has 0 saturated heterocycles. The van der Waals surface area contributed by atoms with Crippen LogP contribution in [0.1, 0.15) is 79.1 Å². The van der Waals surface area contributed by atoms with Crippen molar-refractivity contribution < 1.29 is 49.2 Å². The number of allylic oxidation sites excluding steroid dienone is 1. The van der Waals surface area contributed by atoms with E-state index in [1.165, 1.54) is 38.5 Å². The van der Waals surface area contributed by atoms with Crippen molar-refractivity contribution in [3.63, 3.8) is 0 Å². The van der Waals surface area contributed by atoms with Gasteiger partial charge in [0, 0.05) is 44.1 Å². The molecule has 2 heteroatoms. The van der Waals surface area contributed by atoms with E-state index < -0.39 is 0 Å². The molecule has 0 aromatic rings. The molecular formula is C21H34AcO. The molecule has 1 nitrogen and oxygen atoms in total. The summed E-state index contributed by atoms with van der Waals surface area (Å²) in [6.45, 7) is 10.2. The monoisotopic (exact) mass is 529 g/mol. The second-order valence-electron chi connectivity index (χ2n) is 10.0. The minimum atomic E-state index is -0.0739. The Labute approximate surface area is 178 Å². The molecule has 4 unspecified atom stereocenters. The molecule has 0 aromatic heterocycles. The van der Waals surface area contributed by atoms with E-state index in [0.717, 1.165) is 30.6 Å².